The summed E-state index contributed by atoms with van der Waals surface area (Å²) < 4.78 is 32.7. The number of nitrogens with zero attached hydrogens (tertiary/aromatic N) is 1. The average molecular weight is 333 g/mol. The Morgan fingerprint density at radius 3 is 2.76 bits per heavy atom. The Bertz CT molecular complexity index is 617. The van der Waals surface area contributed by atoms with E-state index in [2.05, 4.69) is 5.32 Å². The Morgan fingerprint density at radius 1 is 1.43 bits per heavy atom. The van der Waals surface area contributed by atoms with Crippen LogP contribution in [0, 0.1) is 0 Å². The van der Waals surface area contributed by atoms with E-state index in [4.69, 9.17) is 16.3 Å². The molecule has 1 aromatic carbocycles. The first kappa shape index (κ1) is 16.7. The number of rotatable bonds is 4. The maximum atomic E-state index is 12.9. The van der Waals surface area contributed by atoms with E-state index in [1.54, 1.807) is 25.2 Å². The second-order valence-corrected chi connectivity index (χ2v) is 8.00. The molecule has 7 heteroatoms. The summed E-state index contributed by atoms with van der Waals surface area (Å²) in [7, 11) is -1.77. The van der Waals surface area contributed by atoms with Gasteiger partial charge in [0.25, 0.3) is 0 Å². The molecule has 1 saturated heterocycles. The molecule has 0 spiro atoms. The molecule has 1 heterocycles. The fourth-order valence-electron chi connectivity index (χ4n) is 2.45. The van der Waals surface area contributed by atoms with E-state index in [1.807, 2.05) is 13.8 Å². The molecule has 0 radical (unpaired) electrons. The van der Waals surface area contributed by atoms with Gasteiger partial charge in [-0.15, -0.1) is 0 Å². The Labute approximate surface area is 131 Å². The zero-order valence-corrected chi connectivity index (χ0v) is 14.1. The highest BCUT2D eigenvalue weighted by Gasteiger charge is 2.39. The topological polar surface area (TPSA) is 58.6 Å². The molecule has 1 aliphatic heterocycles. The first-order valence-electron chi connectivity index (χ1n) is 6.82. The van der Waals surface area contributed by atoms with Gasteiger partial charge in [-0.05, 0) is 44.7 Å². The Morgan fingerprint density at radius 2 is 2.14 bits per heavy atom. The van der Waals surface area contributed by atoms with Gasteiger partial charge in [-0.1, -0.05) is 11.6 Å². The van der Waals surface area contributed by atoms with Crippen LogP contribution in [0.3, 0.4) is 0 Å². The van der Waals surface area contributed by atoms with Crippen LogP contribution in [-0.2, 0) is 21.3 Å². The number of ether oxygens (including phenoxy) is 1. The van der Waals surface area contributed by atoms with E-state index >= 15 is 0 Å². The van der Waals surface area contributed by atoms with E-state index in [1.165, 1.54) is 4.31 Å². The first-order valence-corrected chi connectivity index (χ1v) is 8.64. The highest BCUT2D eigenvalue weighted by atomic mass is 35.5. The highest BCUT2D eigenvalue weighted by molar-refractivity contribution is 7.89. The van der Waals surface area contributed by atoms with Gasteiger partial charge in [0.1, 0.15) is 0 Å². The van der Waals surface area contributed by atoms with Crippen LogP contribution < -0.4 is 5.32 Å². The average Bonchev–Trinajstić information content (AvgIpc) is 2.40. The standard InChI is InChI=1S/C14H21ClN2O3S/c1-14(2)10-20-7-6-17(14)21(18,19)12-4-5-13(15)11(8-12)9-16-3/h4-5,8,16H,6-7,9-10H2,1-3H3. The maximum Gasteiger partial charge on any atom is 0.243 e. The number of benzene rings is 1. The third kappa shape index (κ3) is 3.40. The van der Waals surface area contributed by atoms with Crippen molar-refractivity contribution in [1.82, 2.24) is 9.62 Å². The molecule has 1 aliphatic rings. The van der Waals surface area contributed by atoms with Crippen molar-refractivity contribution in [2.45, 2.75) is 30.8 Å². The van der Waals surface area contributed by atoms with Crippen LogP contribution in [0.1, 0.15) is 19.4 Å². The fraction of sp³-hybridized carbons (Fsp3) is 0.571. The van der Waals surface area contributed by atoms with E-state index in [9.17, 15) is 8.42 Å². The minimum absolute atomic E-state index is 0.270. The van der Waals surface area contributed by atoms with Crippen molar-refractivity contribution in [3.63, 3.8) is 0 Å². The molecule has 5 nitrogen and oxygen atoms in total. The molecule has 0 bridgehead atoms. The first-order chi connectivity index (χ1) is 9.79. The molecule has 0 unspecified atom stereocenters. The van der Waals surface area contributed by atoms with E-state index in [0.717, 1.165) is 5.56 Å². The third-order valence-corrected chi connectivity index (χ3v) is 6.02. The van der Waals surface area contributed by atoms with Gasteiger partial charge in [-0.2, -0.15) is 4.31 Å². The number of halogens is 1. The molecule has 0 amide bonds. The summed E-state index contributed by atoms with van der Waals surface area (Å²) in [6.45, 7) is 5.43. The van der Waals surface area contributed by atoms with Crippen LogP contribution in [-0.4, -0.2) is 45.1 Å². The van der Waals surface area contributed by atoms with Crippen LogP contribution >= 0.6 is 11.6 Å². The molecule has 118 valence electrons. The predicted octanol–water partition coefficient (Wildman–Crippen LogP) is 1.86. The number of hydrogen-bond donors (Lipinski definition) is 1. The number of sulfonamides is 1. The molecule has 0 aliphatic carbocycles. The van der Waals surface area contributed by atoms with Crippen molar-refractivity contribution in [2.75, 3.05) is 26.8 Å². The lowest BCUT2D eigenvalue weighted by Crippen LogP contribution is -2.55. The second kappa shape index (κ2) is 6.22. The van der Waals surface area contributed by atoms with Crippen LogP contribution in [0.25, 0.3) is 0 Å². The normalized spacial score (nSPS) is 19.6. The summed E-state index contributed by atoms with van der Waals surface area (Å²) in [6.07, 6.45) is 0. The van der Waals surface area contributed by atoms with Gasteiger partial charge >= 0.3 is 0 Å². The van der Waals surface area contributed by atoms with Crippen molar-refractivity contribution < 1.29 is 13.2 Å². The van der Waals surface area contributed by atoms with Crippen LogP contribution in [0.15, 0.2) is 23.1 Å². The minimum atomic E-state index is -3.56. The molecule has 0 atom stereocenters. The van der Waals surface area contributed by atoms with Crippen molar-refractivity contribution in [3.8, 4) is 0 Å². The van der Waals surface area contributed by atoms with Gasteiger partial charge in [-0.25, -0.2) is 8.42 Å². The van der Waals surface area contributed by atoms with E-state index in [0.29, 0.717) is 31.3 Å². The number of hydrogen-bond acceptors (Lipinski definition) is 4. The summed E-state index contributed by atoms with van der Waals surface area (Å²) in [5, 5.41) is 3.55. The quantitative estimate of drug-likeness (QED) is 0.914. The fourth-order valence-corrected chi connectivity index (χ4v) is 4.44. The monoisotopic (exact) mass is 332 g/mol. The molecular weight excluding hydrogens is 312 g/mol. The molecule has 0 saturated carbocycles. The second-order valence-electron chi connectivity index (χ2n) is 5.73. The molecule has 21 heavy (non-hydrogen) atoms. The molecule has 0 aromatic heterocycles. The van der Waals surface area contributed by atoms with Gasteiger partial charge < -0.3 is 10.1 Å². The molecule has 1 fully saturated rings. The summed E-state index contributed by atoms with van der Waals surface area (Å²) in [5.74, 6) is 0. The Hall–Kier alpha value is -0.660. The van der Waals surface area contributed by atoms with Crippen LogP contribution in [0.2, 0.25) is 5.02 Å². The lowest BCUT2D eigenvalue weighted by atomic mass is 10.1. The van der Waals surface area contributed by atoms with Crippen molar-refractivity contribution in [1.29, 1.82) is 0 Å². The van der Waals surface area contributed by atoms with E-state index < -0.39 is 15.6 Å². The zero-order chi connectivity index (χ0) is 15.7. The lowest BCUT2D eigenvalue weighted by Gasteiger charge is -2.40. The summed E-state index contributed by atoms with van der Waals surface area (Å²) in [5.41, 5.74) is 0.214. The maximum absolute atomic E-state index is 12.9. The minimum Gasteiger partial charge on any atom is -0.378 e. The Balaban J connectivity index is 2.41. The number of morpholine rings is 1. The third-order valence-electron chi connectivity index (χ3n) is 3.54. The smallest absolute Gasteiger partial charge is 0.243 e. The van der Waals surface area contributed by atoms with Crippen LogP contribution in [0.5, 0.6) is 0 Å². The van der Waals surface area contributed by atoms with Gasteiger partial charge in [0, 0.05) is 18.1 Å². The lowest BCUT2D eigenvalue weighted by molar-refractivity contribution is -0.00771. The molecule has 2 rings (SSSR count). The van der Waals surface area contributed by atoms with Crippen molar-refractivity contribution >= 4 is 21.6 Å². The van der Waals surface area contributed by atoms with Gasteiger partial charge in [0.2, 0.25) is 10.0 Å². The summed E-state index contributed by atoms with van der Waals surface area (Å²) in [4.78, 5) is 0.270. The van der Waals surface area contributed by atoms with Crippen LogP contribution in [0.4, 0.5) is 0 Å². The number of nitrogens with one attached hydrogen (secondary N) is 1. The van der Waals surface area contributed by atoms with Crippen molar-refractivity contribution in [2.24, 2.45) is 0 Å². The molecular formula is C14H21ClN2O3S. The molecule has 1 N–H and O–H groups in total. The van der Waals surface area contributed by atoms with E-state index in [-0.39, 0.29) is 4.90 Å². The SMILES string of the molecule is CNCc1cc(S(=O)(=O)N2CCOCC2(C)C)ccc1Cl. The predicted molar refractivity (Wildman–Crippen MR) is 83.0 cm³/mol. The van der Waals surface area contributed by atoms with Gasteiger partial charge in [0.05, 0.1) is 23.6 Å². The Kier molecular flexibility index (Phi) is 4.95. The summed E-state index contributed by atoms with van der Waals surface area (Å²) in [6, 6.07) is 4.83. The van der Waals surface area contributed by atoms with Gasteiger partial charge in [-0.3, -0.25) is 0 Å². The van der Waals surface area contributed by atoms with Gasteiger partial charge in [0.15, 0.2) is 0 Å². The highest BCUT2D eigenvalue weighted by Crippen LogP contribution is 2.29. The molecule has 1 aromatic rings. The zero-order valence-electron chi connectivity index (χ0n) is 12.5. The summed E-state index contributed by atoms with van der Waals surface area (Å²) >= 11 is 6.10. The van der Waals surface area contributed by atoms with Crippen molar-refractivity contribution in [3.05, 3.63) is 28.8 Å². The largest absolute Gasteiger partial charge is 0.378 e.